The molecule has 5 nitrogen and oxygen atoms in total. The van der Waals surface area contributed by atoms with Gasteiger partial charge in [-0.25, -0.2) is 4.68 Å². The number of benzene rings is 1. The molecule has 0 amide bonds. The molecule has 1 atom stereocenters. The van der Waals surface area contributed by atoms with Gasteiger partial charge in [-0.3, -0.25) is 0 Å². The van der Waals surface area contributed by atoms with Crippen molar-refractivity contribution >= 4 is 5.69 Å². The van der Waals surface area contributed by atoms with Crippen LogP contribution in [0.5, 0.6) is 0 Å². The maximum atomic E-state index is 5.81. The summed E-state index contributed by atoms with van der Waals surface area (Å²) < 4.78 is 7.79. The Morgan fingerprint density at radius 1 is 1.04 bits per heavy atom. The van der Waals surface area contributed by atoms with Crippen molar-refractivity contribution in [2.24, 2.45) is 11.7 Å². The zero-order valence-corrected chi connectivity index (χ0v) is 14.8. The summed E-state index contributed by atoms with van der Waals surface area (Å²) in [5.74, 6) is 0.698. The molecular weight excluding hydrogens is 312 g/mol. The Hall–Kier alpha value is -1.85. The first kappa shape index (κ1) is 16.6. The Kier molecular flexibility index (Phi) is 5.04. The lowest BCUT2D eigenvalue weighted by molar-refractivity contribution is -0.0394. The molecule has 1 aromatic heterocycles. The predicted octanol–water partition coefficient (Wildman–Crippen LogP) is 3.42. The van der Waals surface area contributed by atoms with Gasteiger partial charge in [0.05, 0.1) is 6.20 Å². The van der Waals surface area contributed by atoms with Gasteiger partial charge in [0.25, 0.3) is 0 Å². The first-order valence-corrected chi connectivity index (χ1v) is 9.54. The number of aromatic nitrogens is 2. The Morgan fingerprint density at radius 2 is 1.84 bits per heavy atom. The molecule has 134 valence electrons. The molecule has 1 aromatic carbocycles. The van der Waals surface area contributed by atoms with E-state index in [2.05, 4.69) is 40.5 Å². The summed E-state index contributed by atoms with van der Waals surface area (Å²) in [4.78, 5) is 2.47. The molecule has 0 aliphatic carbocycles. The quantitative estimate of drug-likeness (QED) is 0.926. The molecule has 0 spiro atoms. The van der Waals surface area contributed by atoms with E-state index >= 15 is 0 Å². The van der Waals surface area contributed by atoms with Gasteiger partial charge in [0, 0.05) is 37.1 Å². The van der Waals surface area contributed by atoms with Crippen LogP contribution >= 0.6 is 0 Å². The maximum Gasteiger partial charge on any atom is 0.150 e. The highest BCUT2D eigenvalue weighted by Crippen LogP contribution is 2.28. The van der Waals surface area contributed by atoms with Crippen molar-refractivity contribution in [3.05, 3.63) is 36.7 Å². The standard InChI is InChI=1S/C20H28N4O/c21-13-16-8-10-23(11-9-16)19-6-4-17(5-7-19)18-14-22-24(15-18)20-3-1-2-12-25-20/h4-7,14-16,20H,1-3,8-13,21H2. The monoisotopic (exact) mass is 340 g/mol. The van der Waals surface area contributed by atoms with Crippen LogP contribution in [0.25, 0.3) is 11.1 Å². The van der Waals surface area contributed by atoms with Gasteiger partial charge in [-0.15, -0.1) is 0 Å². The fourth-order valence-corrected chi connectivity index (χ4v) is 3.87. The topological polar surface area (TPSA) is 56.3 Å². The number of ether oxygens (including phenoxy) is 1. The lowest BCUT2D eigenvalue weighted by Crippen LogP contribution is -2.35. The summed E-state index contributed by atoms with van der Waals surface area (Å²) in [7, 11) is 0. The largest absolute Gasteiger partial charge is 0.372 e. The smallest absolute Gasteiger partial charge is 0.150 e. The number of nitrogens with zero attached hydrogens (tertiary/aromatic N) is 3. The number of rotatable bonds is 4. The summed E-state index contributed by atoms with van der Waals surface area (Å²) in [5, 5.41) is 4.52. The number of hydrogen-bond donors (Lipinski definition) is 1. The van der Waals surface area contributed by atoms with E-state index in [1.54, 1.807) is 0 Å². The minimum atomic E-state index is 0.102. The molecule has 0 radical (unpaired) electrons. The van der Waals surface area contributed by atoms with Gasteiger partial charge in [0.2, 0.25) is 0 Å². The second-order valence-corrected chi connectivity index (χ2v) is 7.24. The number of anilines is 1. The van der Waals surface area contributed by atoms with Crippen molar-refractivity contribution < 1.29 is 4.74 Å². The summed E-state index contributed by atoms with van der Waals surface area (Å²) >= 11 is 0. The van der Waals surface area contributed by atoms with Gasteiger partial charge in [0.15, 0.2) is 0 Å². The number of hydrogen-bond acceptors (Lipinski definition) is 4. The van der Waals surface area contributed by atoms with Crippen molar-refractivity contribution in [1.29, 1.82) is 0 Å². The molecule has 2 fully saturated rings. The third-order valence-corrected chi connectivity index (χ3v) is 5.57. The Balaban J connectivity index is 1.43. The summed E-state index contributed by atoms with van der Waals surface area (Å²) in [6.07, 6.45) is 9.99. The zero-order chi connectivity index (χ0) is 17.1. The van der Waals surface area contributed by atoms with Crippen molar-refractivity contribution in [3.8, 4) is 11.1 Å². The molecule has 2 aliphatic rings. The van der Waals surface area contributed by atoms with Crippen molar-refractivity contribution in [2.45, 2.75) is 38.3 Å². The van der Waals surface area contributed by atoms with Crippen LogP contribution in [0, 0.1) is 5.92 Å². The molecule has 0 saturated carbocycles. The van der Waals surface area contributed by atoms with Gasteiger partial charge in [0.1, 0.15) is 6.23 Å². The molecule has 2 N–H and O–H groups in total. The summed E-state index contributed by atoms with van der Waals surface area (Å²) in [6.45, 7) is 3.88. The molecule has 1 unspecified atom stereocenters. The van der Waals surface area contributed by atoms with Gasteiger partial charge in [-0.05, 0) is 62.3 Å². The van der Waals surface area contributed by atoms with Crippen molar-refractivity contribution in [3.63, 3.8) is 0 Å². The highest BCUT2D eigenvalue weighted by molar-refractivity contribution is 5.65. The molecular formula is C20H28N4O. The van der Waals surface area contributed by atoms with E-state index < -0.39 is 0 Å². The van der Waals surface area contributed by atoms with Crippen LogP contribution in [0.15, 0.2) is 36.7 Å². The molecule has 25 heavy (non-hydrogen) atoms. The molecule has 2 aliphatic heterocycles. The maximum absolute atomic E-state index is 5.81. The summed E-state index contributed by atoms with van der Waals surface area (Å²) in [5.41, 5.74) is 9.47. The minimum absolute atomic E-state index is 0.102. The zero-order valence-electron chi connectivity index (χ0n) is 14.8. The third kappa shape index (κ3) is 3.72. The van der Waals surface area contributed by atoms with E-state index in [4.69, 9.17) is 10.5 Å². The van der Waals surface area contributed by atoms with Gasteiger partial charge >= 0.3 is 0 Å². The van der Waals surface area contributed by atoms with Crippen LogP contribution in [0.4, 0.5) is 5.69 Å². The van der Waals surface area contributed by atoms with Crippen LogP contribution in [-0.4, -0.2) is 36.0 Å². The fourth-order valence-electron chi connectivity index (χ4n) is 3.87. The lowest BCUT2D eigenvalue weighted by Gasteiger charge is -2.33. The molecule has 3 heterocycles. The normalized spacial score (nSPS) is 22.3. The minimum Gasteiger partial charge on any atom is -0.372 e. The average molecular weight is 340 g/mol. The molecule has 2 saturated heterocycles. The van der Waals surface area contributed by atoms with E-state index in [0.717, 1.165) is 44.6 Å². The van der Waals surface area contributed by atoms with Crippen molar-refractivity contribution in [2.75, 3.05) is 31.1 Å². The van der Waals surface area contributed by atoms with Crippen molar-refractivity contribution in [1.82, 2.24) is 9.78 Å². The summed E-state index contributed by atoms with van der Waals surface area (Å²) in [6, 6.07) is 8.86. The highest BCUT2D eigenvalue weighted by atomic mass is 16.5. The SMILES string of the molecule is NCC1CCN(c2ccc(-c3cnn(C4CCCCO4)c3)cc2)CC1. The lowest BCUT2D eigenvalue weighted by atomic mass is 9.96. The Morgan fingerprint density at radius 3 is 2.52 bits per heavy atom. The van der Waals surface area contributed by atoms with Gasteiger partial charge < -0.3 is 15.4 Å². The second-order valence-electron chi connectivity index (χ2n) is 7.24. The van der Waals surface area contributed by atoms with Crippen LogP contribution < -0.4 is 10.6 Å². The predicted molar refractivity (Wildman–Crippen MR) is 100 cm³/mol. The Bertz CT molecular complexity index is 667. The van der Waals surface area contributed by atoms with E-state index in [0.29, 0.717) is 5.92 Å². The number of piperidine rings is 1. The molecule has 0 bridgehead atoms. The molecule has 5 heteroatoms. The van der Waals surface area contributed by atoms with Crippen LogP contribution in [0.3, 0.4) is 0 Å². The van der Waals surface area contributed by atoms with Gasteiger partial charge in [-0.2, -0.15) is 5.10 Å². The third-order valence-electron chi connectivity index (χ3n) is 5.57. The molecule has 2 aromatic rings. The van der Waals surface area contributed by atoms with E-state index in [1.807, 2.05) is 10.9 Å². The van der Waals surface area contributed by atoms with E-state index in [1.165, 1.54) is 30.5 Å². The fraction of sp³-hybridized carbons (Fsp3) is 0.550. The highest BCUT2D eigenvalue weighted by Gasteiger charge is 2.19. The Labute approximate surface area is 149 Å². The van der Waals surface area contributed by atoms with E-state index in [-0.39, 0.29) is 6.23 Å². The average Bonchev–Trinajstić information content (AvgIpc) is 3.19. The first-order chi connectivity index (χ1) is 12.3. The van der Waals surface area contributed by atoms with Crippen LogP contribution in [0.2, 0.25) is 0 Å². The number of nitrogens with two attached hydrogens (primary N) is 1. The van der Waals surface area contributed by atoms with Crippen LogP contribution in [-0.2, 0) is 4.74 Å². The van der Waals surface area contributed by atoms with E-state index in [9.17, 15) is 0 Å². The molecule has 4 rings (SSSR count). The second kappa shape index (κ2) is 7.58. The first-order valence-electron chi connectivity index (χ1n) is 9.54. The van der Waals surface area contributed by atoms with Crippen LogP contribution in [0.1, 0.15) is 38.3 Å². The van der Waals surface area contributed by atoms with Gasteiger partial charge in [-0.1, -0.05) is 12.1 Å².